The molecule has 1 aromatic carbocycles. The number of rotatable bonds is 6. The van der Waals surface area contributed by atoms with Gasteiger partial charge in [-0.3, -0.25) is 4.79 Å². The second-order valence-electron chi connectivity index (χ2n) is 7.50. The molecule has 1 amide bonds. The predicted molar refractivity (Wildman–Crippen MR) is 94.7 cm³/mol. The van der Waals surface area contributed by atoms with E-state index in [9.17, 15) is 4.79 Å². The lowest BCUT2D eigenvalue weighted by Crippen LogP contribution is -2.38. The van der Waals surface area contributed by atoms with Crippen molar-refractivity contribution >= 4 is 5.91 Å². The smallest absolute Gasteiger partial charge is 0.251 e. The zero-order valence-electron chi connectivity index (χ0n) is 15.0. The van der Waals surface area contributed by atoms with E-state index in [4.69, 9.17) is 4.74 Å². The number of carbonyl (C=O) groups excluding carboxylic acids is 1. The van der Waals surface area contributed by atoms with Crippen molar-refractivity contribution < 1.29 is 9.53 Å². The van der Waals surface area contributed by atoms with Gasteiger partial charge in [0.25, 0.3) is 5.91 Å². The van der Waals surface area contributed by atoms with Gasteiger partial charge in [-0.25, -0.2) is 0 Å². The summed E-state index contributed by atoms with van der Waals surface area (Å²) in [5, 5.41) is 3.13. The van der Waals surface area contributed by atoms with E-state index in [1.54, 1.807) is 0 Å². The third kappa shape index (κ3) is 5.35. The maximum absolute atomic E-state index is 12.4. The SMILES string of the molecule is CC(C)CC1COCCC1CNC(=O)c1ccc(C(C)C)cc1. The molecule has 1 N–H and O–H groups in total. The standard InChI is InChI=1S/C20H31NO2/c1-14(2)11-19-13-23-10-9-18(19)12-21-20(22)17-7-5-16(6-8-17)15(3)4/h5-8,14-15,18-19H,9-13H2,1-4H3,(H,21,22). The van der Waals surface area contributed by atoms with E-state index >= 15 is 0 Å². The van der Waals surface area contributed by atoms with Crippen LogP contribution >= 0.6 is 0 Å². The summed E-state index contributed by atoms with van der Waals surface area (Å²) in [6.07, 6.45) is 2.22. The normalized spacial score (nSPS) is 21.7. The van der Waals surface area contributed by atoms with Crippen LogP contribution < -0.4 is 5.32 Å². The number of ether oxygens (including phenoxy) is 1. The van der Waals surface area contributed by atoms with Gasteiger partial charge in [0.15, 0.2) is 0 Å². The molecule has 1 saturated heterocycles. The number of carbonyl (C=O) groups is 1. The van der Waals surface area contributed by atoms with Crippen LogP contribution in [0.2, 0.25) is 0 Å². The quantitative estimate of drug-likeness (QED) is 0.852. The lowest BCUT2D eigenvalue weighted by Gasteiger charge is -2.32. The van der Waals surface area contributed by atoms with Crippen molar-refractivity contribution in [1.29, 1.82) is 0 Å². The minimum absolute atomic E-state index is 0.0371. The van der Waals surface area contributed by atoms with Gasteiger partial charge in [0, 0.05) is 25.3 Å². The molecule has 2 rings (SSSR count). The topological polar surface area (TPSA) is 38.3 Å². The van der Waals surface area contributed by atoms with Gasteiger partial charge in [0.1, 0.15) is 0 Å². The second kappa shape index (κ2) is 8.49. The zero-order chi connectivity index (χ0) is 16.8. The molecule has 0 aromatic heterocycles. The summed E-state index contributed by atoms with van der Waals surface area (Å²) in [7, 11) is 0. The molecule has 1 aliphatic heterocycles. The molecule has 3 nitrogen and oxygen atoms in total. The first-order valence-electron chi connectivity index (χ1n) is 8.93. The molecule has 1 aromatic rings. The van der Waals surface area contributed by atoms with Gasteiger partial charge in [-0.15, -0.1) is 0 Å². The number of nitrogens with one attached hydrogen (secondary N) is 1. The van der Waals surface area contributed by atoms with Crippen LogP contribution in [0.3, 0.4) is 0 Å². The van der Waals surface area contributed by atoms with E-state index in [1.165, 1.54) is 12.0 Å². The summed E-state index contributed by atoms with van der Waals surface area (Å²) in [6, 6.07) is 7.96. The van der Waals surface area contributed by atoms with Gasteiger partial charge in [-0.2, -0.15) is 0 Å². The second-order valence-corrected chi connectivity index (χ2v) is 7.50. The Hall–Kier alpha value is -1.35. The molecule has 0 spiro atoms. The minimum Gasteiger partial charge on any atom is -0.381 e. The van der Waals surface area contributed by atoms with Crippen LogP contribution in [0.1, 0.15) is 62.4 Å². The maximum atomic E-state index is 12.4. The largest absolute Gasteiger partial charge is 0.381 e. The third-order valence-corrected chi connectivity index (χ3v) is 4.77. The molecule has 3 heteroatoms. The molecule has 0 aliphatic carbocycles. The van der Waals surface area contributed by atoms with Crippen molar-refractivity contribution in [2.24, 2.45) is 17.8 Å². The number of benzene rings is 1. The molecule has 1 fully saturated rings. The Balaban J connectivity index is 1.89. The monoisotopic (exact) mass is 317 g/mol. The lowest BCUT2D eigenvalue weighted by atomic mass is 9.82. The third-order valence-electron chi connectivity index (χ3n) is 4.77. The summed E-state index contributed by atoms with van der Waals surface area (Å²) in [4.78, 5) is 12.4. The van der Waals surface area contributed by atoms with E-state index in [1.807, 2.05) is 12.1 Å². The highest BCUT2D eigenvalue weighted by Gasteiger charge is 2.26. The van der Waals surface area contributed by atoms with Crippen LogP contribution in [0, 0.1) is 17.8 Å². The summed E-state index contributed by atoms with van der Waals surface area (Å²) in [6.45, 7) is 11.2. The molecule has 1 heterocycles. The van der Waals surface area contributed by atoms with E-state index < -0.39 is 0 Å². The Kier molecular flexibility index (Phi) is 6.64. The highest BCUT2D eigenvalue weighted by atomic mass is 16.5. The first kappa shape index (κ1) is 18.0. The molecular weight excluding hydrogens is 286 g/mol. The predicted octanol–water partition coefficient (Wildman–Crippen LogP) is 4.24. The number of hydrogen-bond acceptors (Lipinski definition) is 2. The van der Waals surface area contributed by atoms with Crippen molar-refractivity contribution in [1.82, 2.24) is 5.32 Å². The summed E-state index contributed by atoms with van der Waals surface area (Å²) in [5.74, 6) is 2.29. The molecule has 128 valence electrons. The molecule has 0 bridgehead atoms. The van der Waals surface area contributed by atoms with E-state index in [0.29, 0.717) is 23.7 Å². The van der Waals surface area contributed by atoms with Gasteiger partial charge in [-0.05, 0) is 54.2 Å². The molecule has 23 heavy (non-hydrogen) atoms. The van der Waals surface area contributed by atoms with Crippen molar-refractivity contribution in [3.8, 4) is 0 Å². The van der Waals surface area contributed by atoms with Crippen molar-refractivity contribution in [3.63, 3.8) is 0 Å². The van der Waals surface area contributed by atoms with Crippen LogP contribution in [0.25, 0.3) is 0 Å². The van der Waals surface area contributed by atoms with E-state index in [-0.39, 0.29) is 5.91 Å². The summed E-state index contributed by atoms with van der Waals surface area (Å²) in [5.41, 5.74) is 2.02. The van der Waals surface area contributed by atoms with Gasteiger partial charge in [0.05, 0.1) is 0 Å². The van der Waals surface area contributed by atoms with E-state index in [2.05, 4.69) is 45.1 Å². The zero-order valence-corrected chi connectivity index (χ0v) is 15.0. The molecule has 0 saturated carbocycles. The summed E-state index contributed by atoms with van der Waals surface area (Å²) < 4.78 is 5.63. The van der Waals surface area contributed by atoms with Gasteiger partial charge >= 0.3 is 0 Å². The fraction of sp³-hybridized carbons (Fsp3) is 0.650. The highest BCUT2D eigenvalue weighted by molar-refractivity contribution is 5.94. The Morgan fingerprint density at radius 3 is 2.48 bits per heavy atom. The Morgan fingerprint density at radius 1 is 1.17 bits per heavy atom. The first-order valence-corrected chi connectivity index (χ1v) is 8.93. The Labute approximate surface area is 140 Å². The maximum Gasteiger partial charge on any atom is 0.251 e. The van der Waals surface area contributed by atoms with Gasteiger partial charge in [0.2, 0.25) is 0 Å². The van der Waals surface area contributed by atoms with Crippen molar-refractivity contribution in [2.75, 3.05) is 19.8 Å². The minimum atomic E-state index is 0.0371. The first-order chi connectivity index (χ1) is 11.0. The Bertz CT molecular complexity index is 493. The molecule has 0 radical (unpaired) electrons. The van der Waals surface area contributed by atoms with Gasteiger partial charge in [-0.1, -0.05) is 39.8 Å². The molecule has 1 aliphatic rings. The molecular formula is C20H31NO2. The Morgan fingerprint density at radius 2 is 1.87 bits per heavy atom. The average Bonchev–Trinajstić information content (AvgIpc) is 2.53. The van der Waals surface area contributed by atoms with Gasteiger partial charge < -0.3 is 10.1 Å². The molecule has 2 unspecified atom stereocenters. The van der Waals surface area contributed by atoms with Crippen LogP contribution in [-0.2, 0) is 4.74 Å². The number of amides is 1. The van der Waals surface area contributed by atoms with Crippen molar-refractivity contribution in [3.05, 3.63) is 35.4 Å². The number of hydrogen-bond donors (Lipinski definition) is 1. The lowest BCUT2D eigenvalue weighted by molar-refractivity contribution is 0.00893. The molecule has 2 atom stereocenters. The van der Waals surface area contributed by atoms with Crippen molar-refractivity contribution in [2.45, 2.75) is 46.5 Å². The fourth-order valence-corrected chi connectivity index (χ4v) is 3.32. The average molecular weight is 317 g/mol. The summed E-state index contributed by atoms with van der Waals surface area (Å²) >= 11 is 0. The highest BCUT2D eigenvalue weighted by Crippen LogP contribution is 2.27. The van der Waals surface area contributed by atoms with Crippen LogP contribution in [-0.4, -0.2) is 25.7 Å². The van der Waals surface area contributed by atoms with E-state index in [0.717, 1.165) is 31.7 Å². The van der Waals surface area contributed by atoms with Crippen LogP contribution in [0.4, 0.5) is 0 Å². The van der Waals surface area contributed by atoms with Crippen LogP contribution in [0.15, 0.2) is 24.3 Å². The fourth-order valence-electron chi connectivity index (χ4n) is 3.32. The van der Waals surface area contributed by atoms with Crippen LogP contribution in [0.5, 0.6) is 0 Å².